The van der Waals surface area contributed by atoms with Gasteiger partial charge in [0.15, 0.2) is 6.61 Å². The monoisotopic (exact) mass is 305 g/mol. The molecule has 1 aromatic rings. The number of halogens is 3. The Morgan fingerprint density at radius 1 is 1.50 bits per heavy atom. The fraction of sp³-hybridized carbons (Fsp3) is 0.667. The highest BCUT2D eigenvalue weighted by atomic mass is 32.1. The smallest absolute Gasteiger partial charge is 0.393 e. The molecular formula is C12H14F3N3OS. The highest BCUT2D eigenvalue weighted by Crippen LogP contribution is 2.35. The molecule has 2 rings (SSSR count). The number of anilines is 1. The van der Waals surface area contributed by atoms with Crippen LogP contribution in [0.2, 0.25) is 0 Å². The molecule has 1 aliphatic heterocycles. The van der Waals surface area contributed by atoms with E-state index in [1.165, 1.54) is 0 Å². The fourth-order valence-electron chi connectivity index (χ4n) is 1.98. The molecule has 1 atom stereocenters. The van der Waals surface area contributed by atoms with Crippen LogP contribution in [0.15, 0.2) is 0 Å². The SMILES string of the molecule is CC#CCOc1nsc(N2CCCC(C(F)(F)F)C2)n1. The Hall–Kier alpha value is -1.49. The lowest BCUT2D eigenvalue weighted by molar-refractivity contribution is -0.175. The summed E-state index contributed by atoms with van der Waals surface area (Å²) >= 11 is 1.05. The van der Waals surface area contributed by atoms with Gasteiger partial charge in [-0.1, -0.05) is 5.92 Å². The van der Waals surface area contributed by atoms with E-state index >= 15 is 0 Å². The predicted molar refractivity (Wildman–Crippen MR) is 69.8 cm³/mol. The Labute approximate surface area is 119 Å². The molecular weight excluding hydrogens is 291 g/mol. The summed E-state index contributed by atoms with van der Waals surface area (Å²) in [5.41, 5.74) is 0. The second-order valence-corrected chi connectivity index (χ2v) is 5.13. The summed E-state index contributed by atoms with van der Waals surface area (Å²) in [6.07, 6.45) is -3.48. The number of ether oxygens (including phenoxy) is 1. The summed E-state index contributed by atoms with van der Waals surface area (Å²) in [6, 6.07) is 0.168. The van der Waals surface area contributed by atoms with Crippen molar-refractivity contribution >= 4 is 16.7 Å². The lowest BCUT2D eigenvalue weighted by Crippen LogP contribution is -2.41. The van der Waals surface area contributed by atoms with Crippen molar-refractivity contribution < 1.29 is 17.9 Å². The molecule has 2 heterocycles. The highest BCUT2D eigenvalue weighted by Gasteiger charge is 2.42. The first-order valence-electron chi connectivity index (χ1n) is 6.18. The minimum absolute atomic E-state index is 0.0626. The van der Waals surface area contributed by atoms with Crippen molar-refractivity contribution in [3.05, 3.63) is 0 Å². The highest BCUT2D eigenvalue weighted by molar-refractivity contribution is 7.09. The largest absolute Gasteiger partial charge is 0.450 e. The Morgan fingerprint density at radius 2 is 2.30 bits per heavy atom. The Balaban J connectivity index is 1.98. The van der Waals surface area contributed by atoms with Crippen LogP contribution < -0.4 is 9.64 Å². The van der Waals surface area contributed by atoms with E-state index in [0.717, 1.165) is 11.5 Å². The maximum absolute atomic E-state index is 12.7. The van der Waals surface area contributed by atoms with E-state index < -0.39 is 12.1 Å². The minimum atomic E-state index is -4.15. The predicted octanol–water partition coefficient (Wildman–Crippen LogP) is 2.72. The van der Waals surface area contributed by atoms with Gasteiger partial charge < -0.3 is 9.64 Å². The third-order valence-electron chi connectivity index (χ3n) is 3.00. The summed E-state index contributed by atoms with van der Waals surface area (Å²) in [4.78, 5) is 5.72. The summed E-state index contributed by atoms with van der Waals surface area (Å²) in [5, 5.41) is 0.471. The molecule has 0 amide bonds. The standard InChI is InChI=1S/C12H14F3N3OS/c1-2-3-7-19-10-16-11(20-17-10)18-6-4-5-9(8-18)12(13,14)15/h9H,4-8H2,1H3. The first kappa shape index (κ1) is 14.9. The van der Waals surface area contributed by atoms with E-state index in [1.807, 2.05) is 0 Å². The molecule has 8 heteroatoms. The van der Waals surface area contributed by atoms with Crippen molar-refractivity contribution in [1.29, 1.82) is 0 Å². The summed E-state index contributed by atoms with van der Waals surface area (Å²) < 4.78 is 47.4. The van der Waals surface area contributed by atoms with Crippen LogP contribution in [0, 0.1) is 17.8 Å². The molecule has 0 bridgehead atoms. The van der Waals surface area contributed by atoms with Crippen molar-refractivity contribution in [1.82, 2.24) is 9.36 Å². The number of hydrogen-bond donors (Lipinski definition) is 0. The summed E-state index contributed by atoms with van der Waals surface area (Å²) in [5.74, 6) is 4.07. The van der Waals surface area contributed by atoms with Gasteiger partial charge in [0.05, 0.1) is 5.92 Å². The zero-order valence-corrected chi connectivity index (χ0v) is 11.7. The van der Waals surface area contributed by atoms with E-state index in [0.29, 0.717) is 18.1 Å². The van der Waals surface area contributed by atoms with Crippen molar-refractivity contribution in [3.8, 4) is 17.9 Å². The van der Waals surface area contributed by atoms with Gasteiger partial charge in [0.1, 0.15) is 0 Å². The van der Waals surface area contributed by atoms with Crippen LogP contribution in [-0.4, -0.2) is 35.2 Å². The third kappa shape index (κ3) is 3.76. The lowest BCUT2D eigenvalue weighted by Gasteiger charge is -2.33. The van der Waals surface area contributed by atoms with Crippen molar-refractivity contribution in [2.75, 3.05) is 24.6 Å². The number of aromatic nitrogens is 2. The van der Waals surface area contributed by atoms with Gasteiger partial charge in [0.2, 0.25) is 5.13 Å². The first-order valence-corrected chi connectivity index (χ1v) is 6.96. The molecule has 1 saturated heterocycles. The molecule has 4 nitrogen and oxygen atoms in total. The lowest BCUT2D eigenvalue weighted by atomic mass is 9.98. The van der Waals surface area contributed by atoms with Gasteiger partial charge in [-0.3, -0.25) is 0 Å². The topological polar surface area (TPSA) is 38.2 Å². The van der Waals surface area contributed by atoms with Crippen LogP contribution in [0.5, 0.6) is 6.01 Å². The van der Waals surface area contributed by atoms with E-state index in [9.17, 15) is 13.2 Å². The van der Waals surface area contributed by atoms with Crippen LogP contribution in [0.1, 0.15) is 19.8 Å². The summed E-state index contributed by atoms with van der Waals surface area (Å²) in [7, 11) is 0. The molecule has 1 aromatic heterocycles. The molecule has 0 radical (unpaired) electrons. The zero-order valence-electron chi connectivity index (χ0n) is 10.9. The van der Waals surface area contributed by atoms with Gasteiger partial charge in [-0.25, -0.2) is 0 Å². The van der Waals surface area contributed by atoms with E-state index in [-0.39, 0.29) is 25.6 Å². The van der Waals surface area contributed by atoms with Gasteiger partial charge in [-0.2, -0.15) is 18.2 Å². The van der Waals surface area contributed by atoms with Gasteiger partial charge in [-0.05, 0) is 19.8 Å². The Bertz CT molecular complexity index is 506. The molecule has 0 aliphatic carbocycles. The molecule has 1 fully saturated rings. The number of nitrogens with zero attached hydrogens (tertiary/aromatic N) is 3. The Morgan fingerprint density at radius 3 is 3.00 bits per heavy atom. The van der Waals surface area contributed by atoms with Crippen LogP contribution in [-0.2, 0) is 0 Å². The van der Waals surface area contributed by atoms with E-state index in [4.69, 9.17) is 4.74 Å². The molecule has 1 unspecified atom stereocenters. The summed E-state index contributed by atoms with van der Waals surface area (Å²) in [6.45, 7) is 2.37. The van der Waals surface area contributed by atoms with Crippen LogP contribution >= 0.6 is 11.5 Å². The van der Waals surface area contributed by atoms with E-state index in [1.54, 1.807) is 11.8 Å². The molecule has 1 aliphatic rings. The maximum Gasteiger partial charge on any atom is 0.393 e. The number of rotatable bonds is 3. The second-order valence-electron chi connectivity index (χ2n) is 4.40. The number of alkyl halides is 3. The average Bonchev–Trinajstić information content (AvgIpc) is 2.87. The zero-order chi connectivity index (χ0) is 14.6. The molecule has 0 aromatic carbocycles. The molecule has 0 N–H and O–H groups in total. The molecule has 0 spiro atoms. The van der Waals surface area contributed by atoms with Crippen molar-refractivity contribution in [2.24, 2.45) is 5.92 Å². The number of piperidine rings is 1. The van der Waals surface area contributed by atoms with Gasteiger partial charge in [0.25, 0.3) is 0 Å². The molecule has 0 saturated carbocycles. The molecule has 110 valence electrons. The average molecular weight is 305 g/mol. The first-order chi connectivity index (χ1) is 9.50. The van der Waals surface area contributed by atoms with Crippen molar-refractivity contribution in [2.45, 2.75) is 25.9 Å². The maximum atomic E-state index is 12.7. The second kappa shape index (κ2) is 6.31. The quantitative estimate of drug-likeness (QED) is 0.805. The van der Waals surface area contributed by atoms with Crippen molar-refractivity contribution in [3.63, 3.8) is 0 Å². The van der Waals surface area contributed by atoms with Gasteiger partial charge in [-0.15, -0.1) is 10.3 Å². The normalized spacial score (nSPS) is 19.4. The van der Waals surface area contributed by atoms with Gasteiger partial charge >= 0.3 is 12.2 Å². The van der Waals surface area contributed by atoms with E-state index in [2.05, 4.69) is 21.2 Å². The molecule has 20 heavy (non-hydrogen) atoms. The number of hydrogen-bond acceptors (Lipinski definition) is 5. The third-order valence-corrected chi connectivity index (χ3v) is 3.76. The Kier molecular flexibility index (Phi) is 4.70. The van der Waals surface area contributed by atoms with Crippen LogP contribution in [0.3, 0.4) is 0 Å². The van der Waals surface area contributed by atoms with Crippen LogP contribution in [0.4, 0.5) is 18.3 Å². The van der Waals surface area contributed by atoms with Crippen LogP contribution in [0.25, 0.3) is 0 Å². The fourth-order valence-corrected chi connectivity index (χ4v) is 2.63. The van der Waals surface area contributed by atoms with Gasteiger partial charge in [0, 0.05) is 24.6 Å². The minimum Gasteiger partial charge on any atom is -0.450 e.